The number of rotatable bonds is 4. The van der Waals surface area contributed by atoms with Crippen LogP contribution in [0.5, 0.6) is 0 Å². The number of carbonyl (C=O) groups excluding carboxylic acids is 1. The lowest BCUT2D eigenvalue weighted by Gasteiger charge is -2.34. The summed E-state index contributed by atoms with van der Waals surface area (Å²) in [6.07, 6.45) is 9.09. The first-order chi connectivity index (χ1) is 16.5. The van der Waals surface area contributed by atoms with E-state index in [0.29, 0.717) is 11.6 Å². The summed E-state index contributed by atoms with van der Waals surface area (Å²) in [5.41, 5.74) is 5.90. The smallest absolute Gasteiger partial charge is 0.414 e. The molecule has 0 spiro atoms. The summed E-state index contributed by atoms with van der Waals surface area (Å²) in [5, 5.41) is 0. The van der Waals surface area contributed by atoms with Gasteiger partial charge in [-0.25, -0.2) is 14.2 Å². The highest BCUT2D eigenvalue weighted by Crippen LogP contribution is 2.39. The molecule has 1 aliphatic carbocycles. The third-order valence-corrected chi connectivity index (χ3v) is 7.71. The maximum absolute atomic E-state index is 14.1. The third-order valence-electron chi connectivity index (χ3n) is 7.71. The van der Waals surface area contributed by atoms with Crippen LogP contribution in [0, 0.1) is 12.7 Å². The first-order valence-electron chi connectivity index (χ1n) is 12.6. The van der Waals surface area contributed by atoms with Crippen molar-refractivity contribution >= 4 is 22.8 Å². The van der Waals surface area contributed by atoms with E-state index in [1.54, 1.807) is 17.9 Å². The van der Waals surface area contributed by atoms with Crippen molar-refractivity contribution in [2.24, 2.45) is 0 Å². The van der Waals surface area contributed by atoms with Crippen LogP contribution in [0.3, 0.4) is 0 Å². The first-order valence-corrected chi connectivity index (χ1v) is 12.6. The summed E-state index contributed by atoms with van der Waals surface area (Å²) in [4.78, 5) is 19.5. The predicted molar refractivity (Wildman–Crippen MR) is 133 cm³/mol. The summed E-state index contributed by atoms with van der Waals surface area (Å²) in [6.45, 7) is 3.86. The SMILES string of the molecule is COC(=O)N1c2ccc3c(nc(CCc4ccc(C)c(F)c4)n3C3CCCCC3)c2CC[C@@H]1C. The number of nitrogens with zero attached hydrogens (tertiary/aromatic N) is 3. The standard InChI is InChI=1S/C28H34FN3O2/c1-18-9-11-20(17-23(18)29)12-16-26-30-27-22-13-10-19(2)31(28(33)34-3)24(22)14-15-25(27)32(26)21-7-5-4-6-8-21/h9,11,14-15,17,19,21H,4-8,10,12-13,16H2,1-3H3/t19-/m0/s1. The zero-order valence-corrected chi connectivity index (χ0v) is 20.4. The zero-order chi connectivity index (χ0) is 23.8. The summed E-state index contributed by atoms with van der Waals surface area (Å²) < 4.78 is 21.7. The molecular weight excluding hydrogens is 429 g/mol. The van der Waals surface area contributed by atoms with Crippen LogP contribution in [0.15, 0.2) is 30.3 Å². The van der Waals surface area contributed by atoms with E-state index in [4.69, 9.17) is 9.72 Å². The van der Waals surface area contributed by atoms with Crippen molar-refractivity contribution in [1.29, 1.82) is 0 Å². The quantitative estimate of drug-likeness (QED) is 0.433. The maximum atomic E-state index is 14.1. The van der Waals surface area contributed by atoms with Gasteiger partial charge in [-0.15, -0.1) is 0 Å². The number of hydrogen-bond donors (Lipinski definition) is 0. The van der Waals surface area contributed by atoms with Crippen LogP contribution < -0.4 is 4.90 Å². The molecule has 1 atom stereocenters. The van der Waals surface area contributed by atoms with Crippen LogP contribution in [0.25, 0.3) is 11.0 Å². The summed E-state index contributed by atoms with van der Waals surface area (Å²) >= 11 is 0. The molecule has 1 aliphatic heterocycles. The molecule has 1 saturated carbocycles. The molecule has 3 aromatic rings. The Balaban J connectivity index is 1.57. The maximum Gasteiger partial charge on any atom is 0.414 e. The number of carbonyl (C=O) groups is 1. The van der Waals surface area contributed by atoms with Crippen LogP contribution in [0.4, 0.5) is 14.9 Å². The molecule has 0 N–H and O–H groups in total. The van der Waals surface area contributed by atoms with E-state index in [2.05, 4.69) is 23.6 Å². The molecule has 0 bridgehead atoms. The fraction of sp³-hybridized carbons (Fsp3) is 0.500. The van der Waals surface area contributed by atoms with Gasteiger partial charge in [-0.3, -0.25) is 4.90 Å². The van der Waals surface area contributed by atoms with Gasteiger partial charge in [0.2, 0.25) is 0 Å². The van der Waals surface area contributed by atoms with Crippen molar-refractivity contribution in [2.75, 3.05) is 12.0 Å². The Morgan fingerprint density at radius 1 is 1.12 bits per heavy atom. The first kappa shape index (κ1) is 22.9. The second-order valence-corrected chi connectivity index (χ2v) is 9.93. The fourth-order valence-corrected chi connectivity index (χ4v) is 5.79. The Labute approximate surface area is 200 Å². The van der Waals surface area contributed by atoms with Crippen molar-refractivity contribution in [1.82, 2.24) is 9.55 Å². The molecule has 0 saturated heterocycles. The molecule has 6 heteroatoms. The monoisotopic (exact) mass is 463 g/mol. The lowest BCUT2D eigenvalue weighted by Crippen LogP contribution is -2.42. The van der Waals surface area contributed by atoms with Crippen LogP contribution in [-0.4, -0.2) is 28.8 Å². The largest absolute Gasteiger partial charge is 0.452 e. The highest BCUT2D eigenvalue weighted by atomic mass is 19.1. The molecule has 5 rings (SSSR count). The van der Waals surface area contributed by atoms with Crippen LogP contribution >= 0.6 is 0 Å². The number of imidazole rings is 1. The van der Waals surface area contributed by atoms with Gasteiger partial charge in [0.05, 0.1) is 23.8 Å². The van der Waals surface area contributed by atoms with Crippen molar-refractivity contribution in [2.45, 2.75) is 83.7 Å². The van der Waals surface area contributed by atoms with E-state index in [0.717, 1.165) is 59.4 Å². The van der Waals surface area contributed by atoms with Gasteiger partial charge in [-0.2, -0.15) is 0 Å². The number of aromatic nitrogens is 2. The molecule has 1 aromatic heterocycles. The molecule has 180 valence electrons. The minimum atomic E-state index is -0.318. The minimum Gasteiger partial charge on any atom is -0.452 e. The van der Waals surface area contributed by atoms with Crippen molar-refractivity contribution < 1.29 is 13.9 Å². The number of hydrogen-bond acceptors (Lipinski definition) is 3. The number of methoxy groups -OCH3 is 1. The molecule has 2 aliphatic rings. The number of aryl methyl sites for hydroxylation is 4. The van der Waals surface area contributed by atoms with E-state index >= 15 is 0 Å². The molecule has 1 fully saturated rings. The van der Waals surface area contributed by atoms with E-state index in [1.165, 1.54) is 39.2 Å². The normalized spacial score (nSPS) is 18.8. The van der Waals surface area contributed by atoms with E-state index < -0.39 is 0 Å². The van der Waals surface area contributed by atoms with Crippen LogP contribution in [0.1, 0.15) is 74.0 Å². The molecule has 0 unspecified atom stereocenters. The second-order valence-electron chi connectivity index (χ2n) is 9.93. The van der Waals surface area contributed by atoms with E-state index in [-0.39, 0.29) is 18.0 Å². The van der Waals surface area contributed by atoms with Gasteiger partial charge < -0.3 is 9.30 Å². The Bertz CT molecular complexity index is 1210. The van der Waals surface area contributed by atoms with Gasteiger partial charge in [0.15, 0.2) is 0 Å². The molecule has 1 amide bonds. The summed E-state index contributed by atoms with van der Waals surface area (Å²) in [5.74, 6) is 0.920. The molecule has 2 heterocycles. The number of fused-ring (bicyclic) bond motifs is 3. The van der Waals surface area contributed by atoms with Crippen molar-refractivity contribution in [3.05, 3.63) is 58.7 Å². The topological polar surface area (TPSA) is 47.4 Å². The van der Waals surface area contributed by atoms with Gasteiger partial charge in [0.1, 0.15) is 11.6 Å². The number of benzene rings is 2. The number of ether oxygens (including phenoxy) is 1. The Morgan fingerprint density at radius 2 is 1.91 bits per heavy atom. The highest BCUT2D eigenvalue weighted by molar-refractivity contribution is 5.95. The number of amides is 1. The van der Waals surface area contributed by atoms with E-state index in [1.807, 2.05) is 12.1 Å². The van der Waals surface area contributed by atoms with Crippen molar-refractivity contribution in [3.8, 4) is 0 Å². The number of anilines is 1. The minimum absolute atomic E-state index is 0.0914. The Hall–Kier alpha value is -2.89. The van der Waals surface area contributed by atoms with Gasteiger partial charge in [-0.05, 0) is 75.3 Å². The van der Waals surface area contributed by atoms with Gasteiger partial charge >= 0.3 is 6.09 Å². The Kier molecular flexibility index (Phi) is 6.32. The second kappa shape index (κ2) is 9.40. The van der Waals surface area contributed by atoms with Gasteiger partial charge in [-0.1, -0.05) is 31.4 Å². The summed E-state index contributed by atoms with van der Waals surface area (Å²) in [6, 6.07) is 10.3. The molecule has 2 aromatic carbocycles. The zero-order valence-electron chi connectivity index (χ0n) is 20.4. The third kappa shape index (κ3) is 4.08. The fourth-order valence-electron chi connectivity index (χ4n) is 5.79. The predicted octanol–water partition coefficient (Wildman–Crippen LogP) is 6.68. The number of halogens is 1. The Morgan fingerprint density at radius 3 is 2.65 bits per heavy atom. The molecule has 34 heavy (non-hydrogen) atoms. The average Bonchev–Trinajstić information content (AvgIpc) is 3.23. The van der Waals surface area contributed by atoms with Gasteiger partial charge in [0, 0.05) is 24.1 Å². The lowest BCUT2D eigenvalue weighted by atomic mass is 9.94. The molecule has 0 radical (unpaired) electrons. The van der Waals surface area contributed by atoms with Crippen LogP contribution in [0.2, 0.25) is 0 Å². The van der Waals surface area contributed by atoms with Gasteiger partial charge in [0.25, 0.3) is 0 Å². The molecule has 5 nitrogen and oxygen atoms in total. The van der Waals surface area contributed by atoms with E-state index in [9.17, 15) is 9.18 Å². The summed E-state index contributed by atoms with van der Waals surface area (Å²) in [7, 11) is 1.44. The van der Waals surface area contributed by atoms with Crippen molar-refractivity contribution in [3.63, 3.8) is 0 Å². The average molecular weight is 464 g/mol. The lowest BCUT2D eigenvalue weighted by molar-refractivity contribution is 0.175. The molecular formula is C28H34FN3O2. The van der Waals surface area contributed by atoms with Crippen LogP contribution in [-0.2, 0) is 24.0 Å². The highest BCUT2D eigenvalue weighted by Gasteiger charge is 2.32.